The predicted octanol–water partition coefficient (Wildman–Crippen LogP) is 4.56. The van der Waals surface area contributed by atoms with Gasteiger partial charge >= 0.3 is 0 Å². The zero-order valence-corrected chi connectivity index (χ0v) is 16.1. The molecule has 3 rings (SSSR count). The third kappa shape index (κ3) is 4.03. The zero-order chi connectivity index (χ0) is 18.7. The predicted molar refractivity (Wildman–Crippen MR) is 107 cm³/mol. The number of ether oxygens (including phenoxy) is 2. The Morgan fingerprint density at radius 1 is 1.15 bits per heavy atom. The Balaban J connectivity index is 1.89. The Morgan fingerprint density at radius 3 is 2.58 bits per heavy atom. The van der Waals surface area contributed by atoms with E-state index in [9.17, 15) is 4.79 Å². The van der Waals surface area contributed by atoms with Gasteiger partial charge in [-0.25, -0.2) is 4.99 Å². The van der Waals surface area contributed by atoms with Gasteiger partial charge in [0.25, 0.3) is 5.91 Å². The van der Waals surface area contributed by atoms with Crippen LogP contribution in [0.3, 0.4) is 0 Å². The normalized spacial score (nSPS) is 16.8. The van der Waals surface area contributed by atoms with Crippen LogP contribution in [0.4, 0.5) is 5.69 Å². The number of thioether (sulfide) groups is 1. The molecule has 1 saturated heterocycles. The number of benzene rings is 2. The van der Waals surface area contributed by atoms with Crippen LogP contribution in [0.1, 0.15) is 11.1 Å². The van der Waals surface area contributed by atoms with Crippen LogP contribution in [0.25, 0.3) is 6.08 Å². The summed E-state index contributed by atoms with van der Waals surface area (Å²) < 4.78 is 10.6. The van der Waals surface area contributed by atoms with Gasteiger partial charge in [0.1, 0.15) is 0 Å². The highest BCUT2D eigenvalue weighted by Crippen LogP contribution is 2.34. The SMILES string of the molecule is COc1cc(C)c(/C=C2\SC(=Nc3cccc(Cl)c3)NC2=O)cc1OC. The average Bonchev–Trinajstić information content (AvgIpc) is 2.95. The molecule has 0 saturated carbocycles. The Bertz CT molecular complexity index is 925. The first-order chi connectivity index (χ1) is 12.5. The number of hydrogen-bond acceptors (Lipinski definition) is 5. The maximum atomic E-state index is 12.3. The van der Waals surface area contributed by atoms with Crippen LogP contribution in [-0.2, 0) is 4.79 Å². The van der Waals surface area contributed by atoms with Gasteiger partial charge in [-0.1, -0.05) is 17.7 Å². The number of hydrogen-bond donors (Lipinski definition) is 1. The summed E-state index contributed by atoms with van der Waals surface area (Å²) >= 11 is 7.25. The highest BCUT2D eigenvalue weighted by atomic mass is 35.5. The second-order valence-corrected chi connectivity index (χ2v) is 6.99. The van der Waals surface area contributed by atoms with Crippen LogP contribution < -0.4 is 14.8 Å². The van der Waals surface area contributed by atoms with E-state index in [2.05, 4.69) is 10.3 Å². The molecule has 1 fully saturated rings. The lowest BCUT2D eigenvalue weighted by molar-refractivity contribution is -0.115. The monoisotopic (exact) mass is 388 g/mol. The van der Waals surface area contributed by atoms with E-state index in [1.807, 2.05) is 37.3 Å². The van der Waals surface area contributed by atoms with Crippen LogP contribution in [0, 0.1) is 6.92 Å². The van der Waals surface area contributed by atoms with E-state index in [0.717, 1.165) is 11.1 Å². The molecule has 1 aliphatic heterocycles. The van der Waals surface area contributed by atoms with Crippen LogP contribution in [0.15, 0.2) is 46.3 Å². The summed E-state index contributed by atoms with van der Waals surface area (Å²) in [5.41, 5.74) is 2.54. The minimum absolute atomic E-state index is 0.190. The number of methoxy groups -OCH3 is 2. The zero-order valence-electron chi connectivity index (χ0n) is 14.5. The lowest BCUT2D eigenvalue weighted by Gasteiger charge is -2.10. The highest BCUT2D eigenvalue weighted by Gasteiger charge is 2.24. The second-order valence-electron chi connectivity index (χ2n) is 5.53. The van der Waals surface area contributed by atoms with Crippen molar-refractivity contribution in [1.82, 2.24) is 5.32 Å². The molecular formula is C19H17ClN2O3S. The summed E-state index contributed by atoms with van der Waals surface area (Å²) in [4.78, 5) is 17.3. The number of carbonyl (C=O) groups is 1. The van der Waals surface area contributed by atoms with Crippen molar-refractivity contribution in [2.45, 2.75) is 6.92 Å². The fourth-order valence-corrected chi connectivity index (χ4v) is 3.45. The third-order valence-corrected chi connectivity index (χ3v) is 4.89. The molecule has 26 heavy (non-hydrogen) atoms. The molecule has 0 spiro atoms. The summed E-state index contributed by atoms with van der Waals surface area (Å²) in [7, 11) is 3.17. The minimum Gasteiger partial charge on any atom is -0.493 e. The molecule has 0 aromatic heterocycles. The van der Waals surface area contributed by atoms with Crippen molar-refractivity contribution in [3.05, 3.63) is 57.5 Å². The maximum absolute atomic E-state index is 12.3. The molecule has 0 atom stereocenters. The Morgan fingerprint density at radius 2 is 1.88 bits per heavy atom. The van der Waals surface area contributed by atoms with Gasteiger partial charge in [0.2, 0.25) is 0 Å². The van der Waals surface area contributed by atoms with Crippen LogP contribution in [0.2, 0.25) is 5.02 Å². The molecular weight excluding hydrogens is 372 g/mol. The van der Waals surface area contributed by atoms with Gasteiger partial charge in [0.15, 0.2) is 16.7 Å². The number of aryl methyl sites for hydroxylation is 1. The molecule has 5 nitrogen and oxygen atoms in total. The molecule has 0 radical (unpaired) electrons. The molecule has 0 unspecified atom stereocenters. The number of nitrogens with zero attached hydrogens (tertiary/aromatic N) is 1. The summed E-state index contributed by atoms with van der Waals surface area (Å²) in [5, 5.41) is 3.88. The van der Waals surface area contributed by atoms with Crippen molar-refractivity contribution in [1.29, 1.82) is 0 Å². The number of aliphatic imine (C=N–C) groups is 1. The average molecular weight is 389 g/mol. The summed E-state index contributed by atoms with van der Waals surface area (Å²) in [6.07, 6.45) is 1.82. The van der Waals surface area contributed by atoms with Gasteiger partial charge < -0.3 is 14.8 Å². The molecule has 2 aromatic carbocycles. The van der Waals surface area contributed by atoms with Gasteiger partial charge in [0, 0.05) is 5.02 Å². The summed E-state index contributed by atoms with van der Waals surface area (Å²) in [6, 6.07) is 10.9. The van der Waals surface area contributed by atoms with E-state index in [1.54, 1.807) is 26.4 Å². The van der Waals surface area contributed by atoms with E-state index < -0.39 is 0 Å². The van der Waals surface area contributed by atoms with Crippen molar-refractivity contribution in [3.8, 4) is 11.5 Å². The summed E-state index contributed by atoms with van der Waals surface area (Å²) in [6.45, 7) is 1.95. The highest BCUT2D eigenvalue weighted by molar-refractivity contribution is 8.18. The van der Waals surface area contributed by atoms with Gasteiger partial charge in [-0.2, -0.15) is 0 Å². The molecule has 0 bridgehead atoms. The van der Waals surface area contributed by atoms with E-state index >= 15 is 0 Å². The first-order valence-corrected chi connectivity index (χ1v) is 8.97. The topological polar surface area (TPSA) is 59.9 Å². The van der Waals surface area contributed by atoms with Crippen LogP contribution in [-0.4, -0.2) is 25.3 Å². The maximum Gasteiger partial charge on any atom is 0.264 e. The second kappa shape index (κ2) is 7.85. The lowest BCUT2D eigenvalue weighted by Crippen LogP contribution is -2.19. The summed E-state index contributed by atoms with van der Waals surface area (Å²) in [5.74, 6) is 1.07. The Labute approximate surface area is 161 Å². The van der Waals surface area contributed by atoms with Crippen LogP contribution >= 0.6 is 23.4 Å². The van der Waals surface area contributed by atoms with Crippen molar-refractivity contribution >= 4 is 46.2 Å². The first-order valence-electron chi connectivity index (χ1n) is 7.78. The number of amidine groups is 1. The number of halogens is 1. The standard InChI is InChI=1S/C19H17ClN2O3S/c1-11-7-15(24-2)16(25-3)8-12(11)9-17-18(23)22-19(26-17)21-14-6-4-5-13(20)10-14/h4-10H,1-3H3,(H,21,22,23)/b17-9-. The third-order valence-electron chi connectivity index (χ3n) is 3.75. The molecule has 1 heterocycles. The van der Waals surface area contributed by atoms with E-state index in [1.165, 1.54) is 11.8 Å². The Kier molecular flexibility index (Phi) is 5.54. The largest absolute Gasteiger partial charge is 0.493 e. The smallest absolute Gasteiger partial charge is 0.264 e. The molecule has 2 aromatic rings. The van der Waals surface area contributed by atoms with Crippen molar-refractivity contribution in [2.75, 3.05) is 14.2 Å². The molecule has 1 amide bonds. The number of carbonyl (C=O) groups excluding carboxylic acids is 1. The lowest BCUT2D eigenvalue weighted by atomic mass is 10.1. The van der Waals surface area contributed by atoms with E-state index in [-0.39, 0.29) is 5.91 Å². The number of rotatable bonds is 4. The van der Waals surface area contributed by atoms with Crippen molar-refractivity contribution < 1.29 is 14.3 Å². The number of nitrogens with one attached hydrogen (secondary N) is 1. The molecule has 1 N–H and O–H groups in total. The minimum atomic E-state index is -0.190. The Hall–Kier alpha value is -2.44. The van der Waals surface area contributed by atoms with Crippen molar-refractivity contribution in [2.24, 2.45) is 4.99 Å². The fourth-order valence-electron chi connectivity index (χ4n) is 2.44. The van der Waals surface area contributed by atoms with E-state index in [4.69, 9.17) is 21.1 Å². The molecule has 1 aliphatic rings. The van der Waals surface area contributed by atoms with Gasteiger partial charge in [0.05, 0.1) is 24.8 Å². The molecule has 0 aliphatic carbocycles. The number of amides is 1. The fraction of sp³-hybridized carbons (Fsp3) is 0.158. The molecule has 7 heteroatoms. The van der Waals surface area contributed by atoms with E-state index in [0.29, 0.717) is 32.3 Å². The van der Waals surface area contributed by atoms with Gasteiger partial charge in [-0.05, 0) is 66.2 Å². The first kappa shape index (κ1) is 18.4. The van der Waals surface area contributed by atoms with Gasteiger partial charge in [-0.3, -0.25) is 4.79 Å². The van der Waals surface area contributed by atoms with Crippen molar-refractivity contribution in [3.63, 3.8) is 0 Å². The van der Waals surface area contributed by atoms with Gasteiger partial charge in [-0.15, -0.1) is 0 Å². The quantitative estimate of drug-likeness (QED) is 0.780. The molecule has 134 valence electrons. The van der Waals surface area contributed by atoms with Crippen LogP contribution in [0.5, 0.6) is 11.5 Å².